The van der Waals surface area contributed by atoms with Gasteiger partial charge in [0.25, 0.3) is 0 Å². The Kier molecular flexibility index (Phi) is 5.37. The zero-order valence-corrected chi connectivity index (χ0v) is 14.7. The Bertz CT molecular complexity index is 1020. The molecule has 0 aliphatic carbocycles. The third-order valence-electron chi connectivity index (χ3n) is 3.89. The first kappa shape index (κ1) is 19.8. The van der Waals surface area contributed by atoms with Crippen molar-refractivity contribution < 1.29 is 22.0 Å². The van der Waals surface area contributed by atoms with Gasteiger partial charge in [0.1, 0.15) is 5.82 Å². The van der Waals surface area contributed by atoms with Crippen LogP contribution in [0.2, 0.25) is 5.02 Å². The number of nitrogens with two attached hydrogens (primary N) is 1. The lowest BCUT2D eigenvalue weighted by Gasteiger charge is -2.18. The molecule has 2 aromatic heterocycles. The predicted molar refractivity (Wildman–Crippen MR) is 95.3 cm³/mol. The Morgan fingerprint density at radius 1 is 1.04 bits per heavy atom. The third-order valence-corrected chi connectivity index (χ3v) is 4.12. The van der Waals surface area contributed by atoms with E-state index >= 15 is 0 Å². The van der Waals surface area contributed by atoms with Gasteiger partial charge >= 0.3 is 6.18 Å². The summed E-state index contributed by atoms with van der Waals surface area (Å²) in [5, 5.41) is 2.47. The molecule has 1 aromatic carbocycles. The van der Waals surface area contributed by atoms with E-state index in [1.807, 2.05) is 0 Å². The maximum absolute atomic E-state index is 14.1. The molecule has 0 spiro atoms. The second-order valence-electron chi connectivity index (χ2n) is 5.81. The summed E-state index contributed by atoms with van der Waals surface area (Å²) in [4.78, 5) is 7.31. The minimum atomic E-state index is -4.81. The number of anilines is 3. The van der Waals surface area contributed by atoms with E-state index in [9.17, 15) is 22.0 Å². The summed E-state index contributed by atoms with van der Waals surface area (Å²) in [6.07, 6.45) is -2.16. The summed E-state index contributed by atoms with van der Waals surface area (Å²) in [5.41, 5.74) is 3.20. The maximum atomic E-state index is 14.1. The summed E-state index contributed by atoms with van der Waals surface area (Å²) in [6, 6.07) is 4.72. The predicted octanol–water partition coefficient (Wildman–Crippen LogP) is 5.34. The second-order valence-corrected chi connectivity index (χ2v) is 6.25. The first-order valence-corrected chi connectivity index (χ1v) is 8.19. The molecule has 0 aliphatic rings. The van der Waals surface area contributed by atoms with E-state index < -0.39 is 41.3 Å². The van der Waals surface area contributed by atoms with Gasteiger partial charge in [0.05, 0.1) is 23.1 Å². The fraction of sp³-hybridized carbons (Fsp3) is 0.111. The molecule has 0 radical (unpaired) electrons. The number of nitrogen functional groups attached to an aromatic ring is 1. The number of hydrogen-bond acceptors (Lipinski definition) is 4. The molecule has 10 heteroatoms. The highest BCUT2D eigenvalue weighted by Crippen LogP contribution is 2.39. The molecule has 3 N–H and O–H groups in total. The van der Waals surface area contributed by atoms with Gasteiger partial charge in [-0.25, -0.2) is 13.8 Å². The zero-order chi connectivity index (χ0) is 20.5. The van der Waals surface area contributed by atoms with Crippen LogP contribution in [-0.4, -0.2) is 9.97 Å². The number of halogens is 6. The lowest BCUT2D eigenvalue weighted by molar-refractivity contribution is -0.137. The first-order chi connectivity index (χ1) is 13.2. The number of alkyl halides is 3. The molecule has 3 aromatic rings. The number of nitrogens with zero attached hydrogens (tertiary/aromatic N) is 2. The van der Waals surface area contributed by atoms with Gasteiger partial charge in [0.2, 0.25) is 0 Å². The SMILES string of the molecule is Nc1nccc(Cc2cncc(Nc3ccc(Cl)cc3F)c2C(F)(F)F)c1F. The molecule has 0 saturated carbocycles. The molecule has 0 amide bonds. The Hall–Kier alpha value is -2.94. The van der Waals surface area contributed by atoms with E-state index in [1.54, 1.807) is 0 Å². The Labute approximate surface area is 161 Å². The molecule has 0 atom stereocenters. The number of benzene rings is 1. The molecular weight excluding hydrogens is 403 g/mol. The van der Waals surface area contributed by atoms with Crippen LogP contribution in [0, 0.1) is 11.6 Å². The lowest BCUT2D eigenvalue weighted by atomic mass is 10.00. The van der Waals surface area contributed by atoms with Crippen LogP contribution in [0.1, 0.15) is 16.7 Å². The van der Waals surface area contributed by atoms with Crippen molar-refractivity contribution in [1.82, 2.24) is 9.97 Å². The van der Waals surface area contributed by atoms with Crippen LogP contribution >= 0.6 is 11.6 Å². The number of nitrogens with one attached hydrogen (secondary N) is 1. The molecule has 146 valence electrons. The molecular formula is C18H12ClF5N4. The highest BCUT2D eigenvalue weighted by Gasteiger charge is 2.37. The van der Waals surface area contributed by atoms with Crippen molar-refractivity contribution in [1.29, 1.82) is 0 Å². The van der Waals surface area contributed by atoms with Crippen molar-refractivity contribution in [3.05, 3.63) is 76.2 Å². The fourth-order valence-corrected chi connectivity index (χ4v) is 2.81. The van der Waals surface area contributed by atoms with Crippen LogP contribution < -0.4 is 11.1 Å². The van der Waals surface area contributed by atoms with E-state index in [2.05, 4.69) is 15.3 Å². The van der Waals surface area contributed by atoms with Crippen LogP contribution in [0.5, 0.6) is 0 Å². The maximum Gasteiger partial charge on any atom is 0.418 e. The van der Waals surface area contributed by atoms with Crippen LogP contribution in [0.3, 0.4) is 0 Å². The topological polar surface area (TPSA) is 63.8 Å². The largest absolute Gasteiger partial charge is 0.418 e. The Morgan fingerprint density at radius 3 is 2.46 bits per heavy atom. The minimum absolute atomic E-state index is 0.0744. The standard InChI is InChI=1S/C18H12ClF5N4/c19-11-1-2-13(12(20)6-11)28-14-8-26-7-10(15(14)18(22,23)24)5-9-3-4-27-17(25)16(9)21/h1-4,6-8,28H,5H2,(H2,25,27). The van der Waals surface area contributed by atoms with Crippen LogP contribution in [0.4, 0.5) is 39.1 Å². The number of hydrogen-bond donors (Lipinski definition) is 2. The zero-order valence-electron chi connectivity index (χ0n) is 14.0. The van der Waals surface area contributed by atoms with Crippen molar-refractivity contribution in [3.8, 4) is 0 Å². The molecule has 4 nitrogen and oxygen atoms in total. The number of rotatable bonds is 4. The van der Waals surface area contributed by atoms with Gasteiger partial charge in [-0.15, -0.1) is 0 Å². The summed E-state index contributed by atoms with van der Waals surface area (Å²) in [5.74, 6) is -2.16. The summed E-state index contributed by atoms with van der Waals surface area (Å²) < 4.78 is 69.3. The fourth-order valence-electron chi connectivity index (χ4n) is 2.65. The van der Waals surface area contributed by atoms with Crippen LogP contribution in [0.15, 0.2) is 42.9 Å². The molecule has 3 rings (SSSR count). The Balaban J connectivity index is 2.07. The third kappa shape index (κ3) is 4.14. The van der Waals surface area contributed by atoms with Crippen molar-refractivity contribution in [2.45, 2.75) is 12.6 Å². The van der Waals surface area contributed by atoms with Crippen molar-refractivity contribution in [2.75, 3.05) is 11.1 Å². The molecule has 2 heterocycles. The summed E-state index contributed by atoms with van der Waals surface area (Å²) in [6.45, 7) is 0. The van der Waals surface area contributed by atoms with E-state index in [1.165, 1.54) is 24.4 Å². The monoisotopic (exact) mass is 414 g/mol. The van der Waals surface area contributed by atoms with E-state index in [0.717, 1.165) is 18.5 Å². The molecule has 0 saturated heterocycles. The molecule has 0 bridgehead atoms. The quantitative estimate of drug-likeness (QED) is 0.565. The van der Waals surface area contributed by atoms with Gasteiger partial charge in [0, 0.05) is 23.8 Å². The normalized spacial score (nSPS) is 11.5. The van der Waals surface area contributed by atoms with Crippen LogP contribution in [-0.2, 0) is 12.6 Å². The Morgan fingerprint density at radius 2 is 1.79 bits per heavy atom. The van der Waals surface area contributed by atoms with Crippen molar-refractivity contribution >= 4 is 28.8 Å². The minimum Gasteiger partial charge on any atom is -0.381 e. The van der Waals surface area contributed by atoms with Gasteiger partial charge in [0.15, 0.2) is 11.6 Å². The van der Waals surface area contributed by atoms with Gasteiger partial charge in [-0.2, -0.15) is 13.2 Å². The average Bonchev–Trinajstić information content (AvgIpc) is 2.60. The van der Waals surface area contributed by atoms with E-state index in [0.29, 0.717) is 0 Å². The molecule has 0 aliphatic heterocycles. The van der Waals surface area contributed by atoms with E-state index in [4.69, 9.17) is 17.3 Å². The molecule has 0 fully saturated rings. The van der Waals surface area contributed by atoms with Gasteiger partial charge in [-0.1, -0.05) is 11.6 Å². The highest BCUT2D eigenvalue weighted by atomic mass is 35.5. The summed E-state index contributed by atoms with van der Waals surface area (Å²) in [7, 11) is 0. The van der Waals surface area contributed by atoms with Gasteiger partial charge in [-0.05, 0) is 35.4 Å². The smallest absolute Gasteiger partial charge is 0.381 e. The number of aromatic nitrogens is 2. The first-order valence-electron chi connectivity index (χ1n) is 7.82. The molecule has 0 unspecified atom stereocenters. The second kappa shape index (κ2) is 7.59. The van der Waals surface area contributed by atoms with Gasteiger partial charge < -0.3 is 11.1 Å². The average molecular weight is 415 g/mol. The van der Waals surface area contributed by atoms with Crippen molar-refractivity contribution in [2.24, 2.45) is 0 Å². The summed E-state index contributed by atoms with van der Waals surface area (Å²) >= 11 is 5.66. The molecule has 28 heavy (non-hydrogen) atoms. The highest BCUT2D eigenvalue weighted by molar-refractivity contribution is 6.30. The lowest BCUT2D eigenvalue weighted by Crippen LogP contribution is -2.14. The van der Waals surface area contributed by atoms with E-state index in [-0.39, 0.29) is 21.8 Å². The number of pyridine rings is 2. The van der Waals surface area contributed by atoms with Crippen molar-refractivity contribution in [3.63, 3.8) is 0 Å². The van der Waals surface area contributed by atoms with Crippen LogP contribution in [0.25, 0.3) is 0 Å². The van der Waals surface area contributed by atoms with Gasteiger partial charge in [-0.3, -0.25) is 4.98 Å².